The molecule has 1 aliphatic heterocycles. The highest BCUT2D eigenvalue weighted by atomic mass is 35.5. The molecule has 1 aliphatic rings. The van der Waals surface area contributed by atoms with Gasteiger partial charge in [0, 0.05) is 35.3 Å². The summed E-state index contributed by atoms with van der Waals surface area (Å²) in [6.07, 6.45) is 1.96. The topological polar surface area (TPSA) is 69.5 Å². The maximum Gasteiger partial charge on any atom is 0.410 e. The third kappa shape index (κ3) is 5.17. The molecule has 0 radical (unpaired) electrons. The normalized spacial score (nSPS) is 17.0. The van der Waals surface area contributed by atoms with Gasteiger partial charge in [0.15, 0.2) is 0 Å². The highest BCUT2D eigenvalue weighted by molar-refractivity contribution is 6.33. The van der Waals surface area contributed by atoms with E-state index < -0.39 is 5.60 Å². The molecule has 1 amide bonds. The predicted octanol–water partition coefficient (Wildman–Crippen LogP) is 5.43. The van der Waals surface area contributed by atoms with Crippen LogP contribution in [0.1, 0.15) is 27.2 Å². The third-order valence-corrected chi connectivity index (χ3v) is 5.73. The quantitative estimate of drug-likeness (QED) is 0.469. The number of fused-ring (bicyclic) bond motifs is 1. The van der Waals surface area contributed by atoms with E-state index in [1.165, 1.54) is 0 Å². The standard InChI is InChI=1S/C23H26Cl2N4O3/c1-23(2,3)32-22(30)28-10-11-31-16(14-28)8-9-29-19(17-6-4-5-7-18(17)24)12-15-13-26-21(25)27-20(15)29/h4-7,12-13,16H,8-11,14H2,1-3H3. The molecule has 1 saturated heterocycles. The van der Waals surface area contributed by atoms with Gasteiger partial charge in [-0.1, -0.05) is 29.8 Å². The molecule has 1 aromatic carbocycles. The van der Waals surface area contributed by atoms with Gasteiger partial charge in [0.1, 0.15) is 11.2 Å². The molecule has 7 nitrogen and oxygen atoms in total. The van der Waals surface area contributed by atoms with Gasteiger partial charge in [-0.2, -0.15) is 4.98 Å². The molecular formula is C23H26Cl2N4O3. The number of rotatable bonds is 4. The van der Waals surface area contributed by atoms with Crippen LogP contribution < -0.4 is 0 Å². The Morgan fingerprint density at radius 3 is 2.81 bits per heavy atom. The Morgan fingerprint density at radius 2 is 2.06 bits per heavy atom. The van der Waals surface area contributed by atoms with Gasteiger partial charge in [-0.05, 0) is 50.9 Å². The van der Waals surface area contributed by atoms with E-state index in [1.54, 1.807) is 11.1 Å². The summed E-state index contributed by atoms with van der Waals surface area (Å²) in [6.45, 7) is 7.68. The first-order valence-electron chi connectivity index (χ1n) is 10.6. The molecule has 0 N–H and O–H groups in total. The molecule has 3 heterocycles. The number of morpholine rings is 1. The zero-order valence-corrected chi connectivity index (χ0v) is 19.9. The lowest BCUT2D eigenvalue weighted by atomic mass is 10.1. The van der Waals surface area contributed by atoms with Gasteiger partial charge < -0.3 is 18.9 Å². The maximum absolute atomic E-state index is 12.5. The highest BCUT2D eigenvalue weighted by Gasteiger charge is 2.28. The van der Waals surface area contributed by atoms with Crippen LogP contribution in [-0.2, 0) is 16.0 Å². The molecule has 0 saturated carbocycles. The molecule has 4 rings (SSSR count). The van der Waals surface area contributed by atoms with E-state index >= 15 is 0 Å². The zero-order valence-electron chi connectivity index (χ0n) is 18.3. The number of benzene rings is 1. The fourth-order valence-electron chi connectivity index (χ4n) is 3.80. The van der Waals surface area contributed by atoms with E-state index in [0.29, 0.717) is 37.7 Å². The first-order valence-corrected chi connectivity index (χ1v) is 11.3. The molecule has 3 aromatic rings. The number of carbonyl (C=O) groups is 1. The molecule has 32 heavy (non-hydrogen) atoms. The van der Waals surface area contributed by atoms with E-state index in [1.807, 2.05) is 51.1 Å². The summed E-state index contributed by atoms with van der Waals surface area (Å²) in [4.78, 5) is 22.7. The van der Waals surface area contributed by atoms with Crippen LogP contribution >= 0.6 is 23.2 Å². The third-order valence-electron chi connectivity index (χ3n) is 5.22. The number of nitrogens with zero attached hydrogens (tertiary/aromatic N) is 4. The van der Waals surface area contributed by atoms with E-state index in [4.69, 9.17) is 32.7 Å². The molecule has 1 atom stereocenters. The van der Waals surface area contributed by atoms with Crippen LogP contribution in [-0.4, -0.2) is 56.9 Å². The molecule has 2 aromatic heterocycles. The SMILES string of the molecule is CC(C)(C)OC(=O)N1CCOC(CCn2c(-c3ccccc3Cl)cc3cnc(Cl)nc32)C1. The van der Waals surface area contributed by atoms with Gasteiger partial charge in [-0.25, -0.2) is 9.78 Å². The number of hydrogen-bond donors (Lipinski definition) is 0. The van der Waals surface area contributed by atoms with Crippen molar-refractivity contribution in [1.29, 1.82) is 0 Å². The molecule has 1 unspecified atom stereocenters. The Morgan fingerprint density at radius 1 is 1.28 bits per heavy atom. The van der Waals surface area contributed by atoms with Crippen LogP contribution in [0.5, 0.6) is 0 Å². The van der Waals surface area contributed by atoms with Crippen molar-refractivity contribution in [3.05, 3.63) is 46.8 Å². The number of halogens is 2. The van der Waals surface area contributed by atoms with Crippen molar-refractivity contribution < 1.29 is 14.3 Å². The fraction of sp³-hybridized carbons (Fsp3) is 0.435. The summed E-state index contributed by atoms with van der Waals surface area (Å²) < 4.78 is 13.5. The lowest BCUT2D eigenvalue weighted by Crippen LogP contribution is -2.47. The van der Waals surface area contributed by atoms with Crippen molar-refractivity contribution in [3.63, 3.8) is 0 Å². The summed E-state index contributed by atoms with van der Waals surface area (Å²) in [7, 11) is 0. The van der Waals surface area contributed by atoms with Gasteiger partial charge in [0.05, 0.1) is 24.9 Å². The zero-order chi connectivity index (χ0) is 22.9. The van der Waals surface area contributed by atoms with Gasteiger partial charge >= 0.3 is 6.09 Å². The summed E-state index contributed by atoms with van der Waals surface area (Å²) in [5.74, 6) is 0. The Bertz CT molecular complexity index is 1130. The van der Waals surface area contributed by atoms with Crippen LogP contribution in [0.3, 0.4) is 0 Å². The van der Waals surface area contributed by atoms with E-state index in [0.717, 1.165) is 22.3 Å². The van der Waals surface area contributed by atoms with Gasteiger partial charge in [0.25, 0.3) is 0 Å². The van der Waals surface area contributed by atoms with Gasteiger partial charge in [-0.3, -0.25) is 0 Å². The first-order chi connectivity index (χ1) is 15.2. The molecule has 0 bridgehead atoms. The molecule has 1 fully saturated rings. The Hall–Kier alpha value is -2.35. The van der Waals surface area contributed by atoms with Crippen molar-refractivity contribution >= 4 is 40.3 Å². The molecule has 0 aliphatic carbocycles. The maximum atomic E-state index is 12.5. The predicted molar refractivity (Wildman–Crippen MR) is 125 cm³/mol. The van der Waals surface area contributed by atoms with Crippen molar-refractivity contribution in [2.75, 3.05) is 19.7 Å². The van der Waals surface area contributed by atoms with Gasteiger partial charge in [-0.15, -0.1) is 0 Å². The summed E-state index contributed by atoms with van der Waals surface area (Å²) in [5.41, 5.74) is 2.04. The van der Waals surface area contributed by atoms with Crippen LogP contribution in [0.15, 0.2) is 36.5 Å². The van der Waals surface area contributed by atoms with Crippen LogP contribution in [0, 0.1) is 0 Å². The minimum absolute atomic E-state index is 0.120. The lowest BCUT2D eigenvalue weighted by Gasteiger charge is -2.34. The number of hydrogen-bond acceptors (Lipinski definition) is 5. The van der Waals surface area contributed by atoms with Crippen molar-refractivity contribution in [2.45, 2.75) is 45.4 Å². The number of ether oxygens (including phenoxy) is 2. The second-order valence-electron chi connectivity index (χ2n) is 8.79. The smallest absolute Gasteiger partial charge is 0.410 e. The number of carbonyl (C=O) groups excluding carboxylic acids is 1. The monoisotopic (exact) mass is 476 g/mol. The van der Waals surface area contributed by atoms with Crippen molar-refractivity contribution in [3.8, 4) is 11.3 Å². The van der Waals surface area contributed by atoms with Crippen molar-refractivity contribution in [2.24, 2.45) is 0 Å². The number of amides is 1. The largest absolute Gasteiger partial charge is 0.444 e. The molecular weight excluding hydrogens is 451 g/mol. The molecule has 170 valence electrons. The first kappa shape index (κ1) is 22.8. The molecule has 9 heteroatoms. The summed E-state index contributed by atoms with van der Waals surface area (Å²) in [6, 6.07) is 9.70. The van der Waals surface area contributed by atoms with Gasteiger partial charge in [0.2, 0.25) is 5.28 Å². The van der Waals surface area contributed by atoms with E-state index in [9.17, 15) is 4.79 Å². The summed E-state index contributed by atoms with van der Waals surface area (Å²) >= 11 is 12.6. The van der Waals surface area contributed by atoms with Crippen LogP contribution in [0.4, 0.5) is 4.79 Å². The number of aryl methyl sites for hydroxylation is 1. The van der Waals surface area contributed by atoms with Crippen LogP contribution in [0.2, 0.25) is 10.3 Å². The average Bonchev–Trinajstić information content (AvgIpc) is 3.09. The minimum Gasteiger partial charge on any atom is -0.444 e. The fourth-order valence-corrected chi connectivity index (χ4v) is 4.16. The highest BCUT2D eigenvalue weighted by Crippen LogP contribution is 2.33. The molecule has 0 spiro atoms. The number of aromatic nitrogens is 3. The Labute approximate surface area is 197 Å². The average molecular weight is 477 g/mol. The second-order valence-corrected chi connectivity index (χ2v) is 9.53. The van der Waals surface area contributed by atoms with E-state index in [-0.39, 0.29) is 17.5 Å². The summed E-state index contributed by atoms with van der Waals surface area (Å²) in [5, 5.41) is 1.72. The second kappa shape index (κ2) is 9.25. The Kier molecular flexibility index (Phi) is 6.60. The van der Waals surface area contributed by atoms with Crippen molar-refractivity contribution in [1.82, 2.24) is 19.4 Å². The lowest BCUT2D eigenvalue weighted by molar-refractivity contribution is -0.0455. The van der Waals surface area contributed by atoms with E-state index in [2.05, 4.69) is 14.5 Å². The minimum atomic E-state index is -0.530. The van der Waals surface area contributed by atoms with Crippen LogP contribution in [0.25, 0.3) is 22.3 Å². The Balaban J connectivity index is 1.56.